The van der Waals surface area contributed by atoms with E-state index in [1.807, 2.05) is 25.1 Å². The van der Waals surface area contributed by atoms with Gasteiger partial charge in [0.2, 0.25) is 0 Å². The molecule has 0 bridgehead atoms. The molecule has 0 amide bonds. The molecule has 2 aliphatic rings. The van der Waals surface area contributed by atoms with Crippen LogP contribution in [0.1, 0.15) is 15.9 Å². The third-order valence-corrected chi connectivity index (χ3v) is 4.28. The largest absolute Gasteiger partial charge is 0.508 e. The second-order valence-electron chi connectivity index (χ2n) is 6.02. The third kappa shape index (κ3) is 2.48. The van der Waals surface area contributed by atoms with Gasteiger partial charge in [0.1, 0.15) is 17.1 Å². The predicted molar refractivity (Wildman–Crippen MR) is 96.3 cm³/mol. The van der Waals surface area contributed by atoms with Gasteiger partial charge in [-0.3, -0.25) is 9.59 Å². The Balaban J connectivity index is 2.21. The van der Waals surface area contributed by atoms with Crippen LogP contribution >= 0.6 is 0 Å². The number of carbonyl (C=O) groups excluding carboxylic acids is 1. The third-order valence-electron chi connectivity index (χ3n) is 4.28. The quantitative estimate of drug-likeness (QED) is 0.437. The molecule has 0 unspecified atom stereocenters. The lowest BCUT2D eigenvalue weighted by Crippen LogP contribution is -2.00. The minimum absolute atomic E-state index is 0.0688. The first-order valence-electron chi connectivity index (χ1n) is 7.82. The number of aryl methyl sites for hydroxylation is 1. The molecule has 122 valence electrons. The van der Waals surface area contributed by atoms with E-state index >= 15 is 0 Å². The van der Waals surface area contributed by atoms with Gasteiger partial charge in [-0.2, -0.15) is 0 Å². The molecule has 25 heavy (non-hydrogen) atoms. The molecule has 4 rings (SSSR count). The molecular weight excluding hydrogens is 316 g/mol. The Hall–Kier alpha value is -3.40. The minimum Gasteiger partial charge on any atom is -0.508 e. The maximum absolute atomic E-state index is 11.7. The number of carbonyl (C=O) groups is 1. The zero-order valence-electron chi connectivity index (χ0n) is 13.4. The van der Waals surface area contributed by atoms with E-state index in [0.29, 0.717) is 16.9 Å². The molecule has 0 spiro atoms. The van der Waals surface area contributed by atoms with Crippen LogP contribution in [0.5, 0.6) is 5.75 Å². The summed E-state index contributed by atoms with van der Waals surface area (Å²) in [4.78, 5) is 23.4. The number of phenols is 1. The van der Waals surface area contributed by atoms with Crippen molar-refractivity contribution in [1.82, 2.24) is 0 Å². The highest BCUT2D eigenvalue weighted by Gasteiger charge is 2.19. The van der Waals surface area contributed by atoms with Crippen LogP contribution in [0.4, 0.5) is 0 Å². The van der Waals surface area contributed by atoms with E-state index in [0.717, 1.165) is 33.9 Å². The van der Waals surface area contributed by atoms with Gasteiger partial charge in [0.25, 0.3) is 0 Å². The molecule has 1 N–H and O–H groups in total. The van der Waals surface area contributed by atoms with E-state index in [1.165, 1.54) is 18.2 Å². The zero-order valence-corrected chi connectivity index (χ0v) is 13.4. The SMILES string of the molecule is Cc1ccc(-c2c3ccc(=O)cc-3oc3cc(O)ccc23)c(C=O)c1. The summed E-state index contributed by atoms with van der Waals surface area (Å²) in [5.74, 6) is 0.484. The first-order chi connectivity index (χ1) is 12.1. The van der Waals surface area contributed by atoms with Crippen LogP contribution in [0.3, 0.4) is 0 Å². The van der Waals surface area contributed by atoms with Crippen molar-refractivity contribution in [2.75, 3.05) is 0 Å². The summed E-state index contributed by atoms with van der Waals surface area (Å²) in [6.07, 6.45) is 0.826. The van der Waals surface area contributed by atoms with E-state index in [2.05, 4.69) is 0 Å². The van der Waals surface area contributed by atoms with E-state index in [-0.39, 0.29) is 11.2 Å². The highest BCUT2D eigenvalue weighted by Crippen LogP contribution is 2.41. The number of rotatable bonds is 2. The van der Waals surface area contributed by atoms with Crippen LogP contribution in [-0.4, -0.2) is 11.4 Å². The Morgan fingerprint density at radius 1 is 0.960 bits per heavy atom. The van der Waals surface area contributed by atoms with E-state index in [4.69, 9.17) is 4.42 Å². The Kier molecular flexibility index (Phi) is 3.39. The topological polar surface area (TPSA) is 67.5 Å². The number of aromatic hydroxyl groups is 1. The molecule has 0 radical (unpaired) electrons. The molecule has 4 heteroatoms. The Bertz CT molecular complexity index is 1150. The van der Waals surface area contributed by atoms with E-state index in [1.54, 1.807) is 18.2 Å². The summed E-state index contributed by atoms with van der Waals surface area (Å²) in [6, 6.07) is 15.1. The van der Waals surface area contributed by atoms with Crippen LogP contribution in [-0.2, 0) is 0 Å². The lowest BCUT2D eigenvalue weighted by atomic mass is 9.90. The molecule has 1 aliphatic heterocycles. The predicted octanol–water partition coefficient (Wildman–Crippen LogP) is 4.39. The maximum Gasteiger partial charge on any atom is 0.182 e. The van der Waals surface area contributed by atoms with E-state index < -0.39 is 0 Å². The van der Waals surface area contributed by atoms with Crippen LogP contribution in [0.2, 0.25) is 0 Å². The van der Waals surface area contributed by atoms with Crippen molar-refractivity contribution in [3.8, 4) is 28.2 Å². The van der Waals surface area contributed by atoms with Crippen LogP contribution < -0.4 is 5.43 Å². The zero-order chi connectivity index (χ0) is 17.6. The normalized spacial score (nSPS) is 11.1. The number of hydrogen-bond acceptors (Lipinski definition) is 4. The molecule has 4 nitrogen and oxygen atoms in total. The molecule has 0 fully saturated rings. The Labute approximate surface area is 143 Å². The first-order valence-corrected chi connectivity index (χ1v) is 7.82. The molecule has 2 aromatic rings. The van der Waals surface area contributed by atoms with Gasteiger partial charge in [0.15, 0.2) is 11.7 Å². The van der Waals surface area contributed by atoms with Gasteiger partial charge in [0.05, 0.1) is 0 Å². The van der Waals surface area contributed by atoms with Gasteiger partial charge in [-0.05, 0) is 42.8 Å². The number of benzene rings is 3. The monoisotopic (exact) mass is 330 g/mol. The smallest absolute Gasteiger partial charge is 0.182 e. The van der Waals surface area contributed by atoms with Crippen molar-refractivity contribution in [3.05, 3.63) is 75.9 Å². The molecule has 2 aromatic carbocycles. The highest BCUT2D eigenvalue weighted by molar-refractivity contribution is 6.05. The Morgan fingerprint density at radius 3 is 2.56 bits per heavy atom. The van der Waals surface area contributed by atoms with Crippen molar-refractivity contribution in [2.45, 2.75) is 6.92 Å². The van der Waals surface area contributed by atoms with Crippen LogP contribution in [0.25, 0.3) is 33.4 Å². The average Bonchev–Trinajstić information content (AvgIpc) is 2.59. The van der Waals surface area contributed by atoms with Gasteiger partial charge < -0.3 is 9.52 Å². The summed E-state index contributed by atoms with van der Waals surface area (Å²) in [5, 5.41) is 10.5. The van der Waals surface area contributed by atoms with Gasteiger partial charge >= 0.3 is 0 Å². The summed E-state index contributed by atoms with van der Waals surface area (Å²) < 4.78 is 5.82. The van der Waals surface area contributed by atoms with Crippen LogP contribution in [0.15, 0.2) is 63.8 Å². The number of fused-ring (bicyclic) bond motifs is 2. The summed E-state index contributed by atoms with van der Waals surface area (Å²) >= 11 is 0. The van der Waals surface area contributed by atoms with Crippen molar-refractivity contribution in [3.63, 3.8) is 0 Å². The standard InChI is InChI=1S/C21H14O4/c1-12-2-5-16(13(8-12)11-22)21-17-6-3-14(23)9-19(17)25-20-10-15(24)4-7-18(20)21/h2-11,23H,1H3. The van der Waals surface area contributed by atoms with Crippen molar-refractivity contribution >= 4 is 17.3 Å². The highest BCUT2D eigenvalue weighted by atomic mass is 16.3. The second kappa shape index (κ2) is 5.60. The average molecular weight is 330 g/mol. The molecule has 1 aliphatic carbocycles. The van der Waals surface area contributed by atoms with Gasteiger partial charge in [-0.15, -0.1) is 0 Å². The number of aldehydes is 1. The Morgan fingerprint density at radius 2 is 1.76 bits per heavy atom. The van der Waals surface area contributed by atoms with Crippen molar-refractivity contribution in [1.29, 1.82) is 0 Å². The molecule has 0 saturated heterocycles. The summed E-state index contributed by atoms with van der Waals surface area (Å²) in [5.41, 5.74) is 4.14. The van der Waals surface area contributed by atoms with Crippen molar-refractivity contribution in [2.24, 2.45) is 0 Å². The number of hydrogen-bond donors (Lipinski definition) is 1. The van der Waals surface area contributed by atoms with Gasteiger partial charge in [-0.1, -0.05) is 17.7 Å². The second-order valence-corrected chi connectivity index (χ2v) is 6.02. The number of phenolic OH excluding ortho intramolecular Hbond substituents is 1. The fraction of sp³-hybridized carbons (Fsp3) is 0.0476. The summed E-state index contributed by atoms with van der Waals surface area (Å²) in [7, 11) is 0. The lowest BCUT2D eigenvalue weighted by Gasteiger charge is -2.16. The molecule has 0 saturated carbocycles. The van der Waals surface area contributed by atoms with E-state index in [9.17, 15) is 14.7 Å². The molecular formula is C21H14O4. The first kappa shape index (κ1) is 15.1. The molecule has 0 atom stereocenters. The molecule has 0 aromatic heterocycles. The van der Waals surface area contributed by atoms with Gasteiger partial charge in [0, 0.05) is 34.2 Å². The lowest BCUT2D eigenvalue weighted by molar-refractivity contribution is 0.112. The van der Waals surface area contributed by atoms with Crippen molar-refractivity contribution < 1.29 is 14.3 Å². The minimum atomic E-state index is -0.166. The fourth-order valence-electron chi connectivity index (χ4n) is 3.16. The molecule has 1 heterocycles. The van der Waals surface area contributed by atoms with Gasteiger partial charge in [-0.25, -0.2) is 0 Å². The fourth-order valence-corrected chi connectivity index (χ4v) is 3.16. The van der Waals surface area contributed by atoms with Crippen LogP contribution in [0, 0.1) is 6.92 Å². The maximum atomic E-state index is 11.7. The summed E-state index contributed by atoms with van der Waals surface area (Å²) in [6.45, 7) is 1.93.